The highest BCUT2D eigenvalue weighted by atomic mass is 35.5. The van der Waals surface area contributed by atoms with Crippen molar-refractivity contribution < 1.29 is 62.8 Å². The summed E-state index contributed by atoms with van der Waals surface area (Å²) in [5.74, 6) is 0.471. The third-order valence-corrected chi connectivity index (χ3v) is 15.1. The van der Waals surface area contributed by atoms with Gasteiger partial charge in [-0.15, -0.1) is 11.3 Å². The fraction of sp³-hybridized carbons (Fsp3) is 0.352. The van der Waals surface area contributed by atoms with Gasteiger partial charge in [-0.2, -0.15) is 0 Å². The summed E-state index contributed by atoms with van der Waals surface area (Å²) in [6.07, 6.45) is -5.60. The maximum Gasteiger partial charge on any atom is 0.345 e. The van der Waals surface area contributed by atoms with E-state index < -0.39 is 54.7 Å². The van der Waals surface area contributed by atoms with Crippen LogP contribution in [-0.2, 0) is 27.3 Å². The molecule has 0 spiro atoms. The number of thiophene rings is 1. The van der Waals surface area contributed by atoms with Gasteiger partial charge in [-0.3, -0.25) is 4.90 Å². The lowest BCUT2D eigenvalue weighted by Crippen LogP contribution is -2.59. The summed E-state index contributed by atoms with van der Waals surface area (Å²) in [6, 6.07) is 23.7. The molecule has 4 bridgehead atoms. The van der Waals surface area contributed by atoms with Crippen LogP contribution in [0.3, 0.4) is 0 Å². The molecule has 21 heteroatoms. The first-order valence-corrected chi connectivity index (χ1v) is 25.5. The number of hydrogen-bond donors (Lipinski definition) is 4. The maximum absolute atomic E-state index is 14.3. The number of rotatable bonds is 12. The lowest BCUT2D eigenvalue weighted by molar-refractivity contribution is -0.293. The molecule has 7 heterocycles. The average molecular weight is 1070 g/mol. The molecule has 4 aliphatic rings. The molecule has 11 rings (SSSR count). The highest BCUT2D eigenvalue weighted by Crippen LogP contribution is 2.50. The van der Waals surface area contributed by atoms with E-state index in [1.165, 1.54) is 36.9 Å². The van der Waals surface area contributed by atoms with Crippen molar-refractivity contribution in [3.05, 3.63) is 125 Å². The fourth-order valence-electron chi connectivity index (χ4n) is 9.25. The molecule has 392 valence electrons. The lowest BCUT2D eigenvalue weighted by atomic mass is 9.96. The van der Waals surface area contributed by atoms with Crippen LogP contribution in [0.15, 0.2) is 97.5 Å². The molecule has 4 aromatic carbocycles. The summed E-state index contributed by atoms with van der Waals surface area (Å²) in [5, 5.41) is 42.5. The Morgan fingerprint density at radius 3 is 2.43 bits per heavy atom. The lowest BCUT2D eigenvalue weighted by Gasteiger charge is -2.39. The standard InChI is InChI=1S/C54H54ClFN6O12S/c1-29-38-13-15-40(45(29)55)72-37(24-62-20-18-61(2)19-21-62)26-69-36-12-14-39(32(22-36)23-41(53(66)67)73-51-44-43(38)49(75-52(44)59-28-58-51)30-4-8-33(56)9-5-30)71-25-34-16-17-57-50(60-34)31-6-10-35(11-7-31)70-27-42-46(63)47(64)48(65)54(68-3)74-42/h4-17,22,28,37,41-42,46-48,54,63-65H,18-21,23-27H2,1-3H3,(H,66,67)/t37-,41+,42-,46-,47+,48+,54+/m1/s1. The topological polar surface area (TPSA) is 221 Å². The number of fused-ring (bicyclic) bond motifs is 7. The number of likely N-dealkylation sites (N-methyl/N-ethyl adjacent to an activating group) is 1. The summed E-state index contributed by atoms with van der Waals surface area (Å²) in [4.78, 5) is 37.6. The quantitative estimate of drug-likeness (QED) is 0.103. The van der Waals surface area contributed by atoms with E-state index in [-0.39, 0.29) is 32.1 Å². The molecule has 0 aliphatic carbocycles. The van der Waals surface area contributed by atoms with E-state index in [0.29, 0.717) is 89.7 Å². The maximum atomic E-state index is 14.3. The Balaban J connectivity index is 0.950. The molecule has 0 radical (unpaired) electrons. The second-order valence-electron chi connectivity index (χ2n) is 18.5. The number of carbonyl (C=O) groups is 1. The Labute approximate surface area is 439 Å². The zero-order chi connectivity index (χ0) is 52.3. The second-order valence-corrected chi connectivity index (χ2v) is 19.9. The van der Waals surface area contributed by atoms with E-state index >= 15 is 0 Å². The Morgan fingerprint density at radius 2 is 1.67 bits per heavy atom. The smallest absolute Gasteiger partial charge is 0.345 e. The molecule has 3 aromatic heterocycles. The van der Waals surface area contributed by atoms with E-state index in [9.17, 15) is 29.6 Å². The van der Waals surface area contributed by atoms with E-state index in [1.807, 2.05) is 19.1 Å². The van der Waals surface area contributed by atoms with Crippen molar-refractivity contribution in [2.45, 2.75) is 62.9 Å². The Bertz CT molecular complexity index is 3150. The van der Waals surface area contributed by atoms with Gasteiger partial charge in [-0.05, 0) is 97.4 Å². The molecule has 75 heavy (non-hydrogen) atoms. The van der Waals surface area contributed by atoms with Gasteiger partial charge in [0.1, 0.15) is 90.3 Å². The summed E-state index contributed by atoms with van der Waals surface area (Å²) >= 11 is 8.59. The third-order valence-electron chi connectivity index (χ3n) is 13.5. The normalized spacial score (nSPS) is 22.4. The summed E-state index contributed by atoms with van der Waals surface area (Å²) in [7, 11) is 3.42. The van der Waals surface area contributed by atoms with Gasteiger partial charge in [-0.1, -0.05) is 29.8 Å². The van der Waals surface area contributed by atoms with Crippen molar-refractivity contribution >= 4 is 39.1 Å². The van der Waals surface area contributed by atoms with Crippen molar-refractivity contribution in [1.82, 2.24) is 29.7 Å². The van der Waals surface area contributed by atoms with Gasteiger partial charge in [0.05, 0.1) is 16.1 Å². The van der Waals surface area contributed by atoms with Crippen LogP contribution in [-0.4, -0.2) is 159 Å². The van der Waals surface area contributed by atoms with E-state index in [2.05, 4.69) is 31.8 Å². The zero-order valence-corrected chi connectivity index (χ0v) is 42.6. The predicted molar refractivity (Wildman–Crippen MR) is 275 cm³/mol. The second kappa shape index (κ2) is 22.7. The number of carboxylic acid groups (broad SMARTS) is 1. The highest BCUT2D eigenvalue weighted by Gasteiger charge is 2.44. The number of benzene rings is 4. The first kappa shape index (κ1) is 51.9. The summed E-state index contributed by atoms with van der Waals surface area (Å²) in [5.41, 5.74) is 4.39. The van der Waals surface area contributed by atoms with Crippen LogP contribution in [0, 0.1) is 12.7 Å². The van der Waals surface area contributed by atoms with Gasteiger partial charge in [-0.25, -0.2) is 29.1 Å². The molecule has 0 amide bonds. The van der Waals surface area contributed by atoms with Crippen LogP contribution in [0.25, 0.3) is 43.2 Å². The van der Waals surface area contributed by atoms with Crippen LogP contribution < -0.4 is 23.7 Å². The van der Waals surface area contributed by atoms with Crippen molar-refractivity contribution in [2.75, 3.05) is 60.1 Å². The number of ether oxygens (including phenoxy) is 7. The molecule has 4 aliphatic heterocycles. The molecular weight excluding hydrogens is 1010 g/mol. The molecule has 2 saturated heterocycles. The summed E-state index contributed by atoms with van der Waals surface area (Å²) in [6.45, 7) is 5.89. The number of carboxylic acids is 1. The molecule has 0 unspecified atom stereocenters. The van der Waals surface area contributed by atoms with Crippen LogP contribution in [0.4, 0.5) is 4.39 Å². The number of hydrogen-bond acceptors (Lipinski definition) is 18. The minimum Gasteiger partial charge on any atom is -0.491 e. The number of aliphatic carboxylic acids is 1. The fourth-order valence-corrected chi connectivity index (χ4v) is 10.6. The number of methoxy groups -OCH3 is 1. The van der Waals surface area contributed by atoms with E-state index in [4.69, 9.17) is 49.7 Å². The van der Waals surface area contributed by atoms with Crippen LogP contribution in [0.5, 0.6) is 28.9 Å². The first-order chi connectivity index (χ1) is 36.3. The Kier molecular flexibility index (Phi) is 15.7. The monoisotopic (exact) mass is 1060 g/mol. The minimum atomic E-state index is -1.49. The highest BCUT2D eigenvalue weighted by molar-refractivity contribution is 7.22. The SMILES string of the molecule is CO[C@H]1O[C@H](COc2ccc(-c3nccc(COc4ccc5cc4C[C@@H](C(=O)O)Oc4ncnc6sc(-c7ccc(F)cc7)c(c46)-c4ccc(c(Cl)c4C)O[C@H](CN4CCN(C)CC4)CO5)n3)cc2)[C@@H](O)[C@H](O)[C@@H]1O. The Hall–Kier alpha value is -6.59. The number of aliphatic hydroxyl groups excluding tert-OH is 3. The number of halogens is 2. The predicted octanol–water partition coefficient (Wildman–Crippen LogP) is 6.46. The average Bonchev–Trinajstić information content (AvgIpc) is 3.84. The largest absolute Gasteiger partial charge is 0.491 e. The minimum absolute atomic E-state index is 0.0233. The van der Waals surface area contributed by atoms with Gasteiger partial charge in [0.25, 0.3) is 0 Å². The van der Waals surface area contributed by atoms with Crippen molar-refractivity contribution in [1.29, 1.82) is 0 Å². The molecule has 2 fully saturated rings. The van der Waals surface area contributed by atoms with Crippen molar-refractivity contribution in [2.24, 2.45) is 0 Å². The van der Waals surface area contributed by atoms with E-state index in [0.717, 1.165) is 31.1 Å². The molecule has 0 saturated carbocycles. The van der Waals surface area contributed by atoms with Gasteiger partial charge < -0.3 is 58.5 Å². The van der Waals surface area contributed by atoms with E-state index in [1.54, 1.807) is 66.9 Å². The molecule has 7 atom stereocenters. The van der Waals surface area contributed by atoms with Crippen molar-refractivity contribution in [3.8, 4) is 61.8 Å². The number of aromatic nitrogens is 4. The van der Waals surface area contributed by atoms with Gasteiger partial charge >= 0.3 is 5.97 Å². The first-order valence-electron chi connectivity index (χ1n) is 24.3. The van der Waals surface area contributed by atoms with Crippen molar-refractivity contribution in [3.63, 3.8) is 0 Å². The Morgan fingerprint density at radius 1 is 0.893 bits per heavy atom. The van der Waals surface area contributed by atoms with Crippen LogP contribution >= 0.6 is 22.9 Å². The molecule has 7 aromatic rings. The van der Waals surface area contributed by atoms with Gasteiger partial charge in [0.15, 0.2) is 12.1 Å². The van der Waals surface area contributed by atoms with Gasteiger partial charge in [0.2, 0.25) is 12.0 Å². The molecule has 18 nitrogen and oxygen atoms in total. The van der Waals surface area contributed by atoms with Crippen LogP contribution in [0.2, 0.25) is 5.02 Å². The van der Waals surface area contributed by atoms with Gasteiger partial charge in [0, 0.05) is 74.0 Å². The third kappa shape index (κ3) is 11.5. The molecule has 4 N–H and O–H groups in total. The van der Waals surface area contributed by atoms with Crippen LogP contribution in [0.1, 0.15) is 16.8 Å². The number of nitrogens with zero attached hydrogens (tertiary/aromatic N) is 6. The summed E-state index contributed by atoms with van der Waals surface area (Å²) < 4.78 is 57.0. The number of piperazine rings is 1. The number of aliphatic hydroxyl groups is 3. The zero-order valence-electron chi connectivity index (χ0n) is 41.0. The molecular formula is C54H54ClFN6O12S.